The molecule has 1 aromatic carbocycles. The lowest BCUT2D eigenvalue weighted by atomic mass is 10.2. The molecule has 102 valence electrons. The van der Waals surface area contributed by atoms with Crippen molar-refractivity contribution in [3.05, 3.63) is 59.0 Å². The van der Waals surface area contributed by atoms with E-state index in [0.717, 1.165) is 37.0 Å². The number of nitrogens with one attached hydrogen (secondary N) is 1. The van der Waals surface area contributed by atoms with Gasteiger partial charge in [-0.15, -0.1) is 0 Å². The van der Waals surface area contributed by atoms with Gasteiger partial charge in [0.25, 0.3) is 0 Å². The summed E-state index contributed by atoms with van der Waals surface area (Å²) in [5.41, 5.74) is 1.28. The van der Waals surface area contributed by atoms with Crippen molar-refractivity contribution in [1.29, 1.82) is 0 Å². The molecule has 0 spiro atoms. The summed E-state index contributed by atoms with van der Waals surface area (Å²) in [6, 6.07) is 11.9. The van der Waals surface area contributed by atoms with Crippen LogP contribution in [0.3, 0.4) is 0 Å². The van der Waals surface area contributed by atoms with E-state index in [2.05, 4.69) is 29.4 Å². The second kappa shape index (κ2) is 7.34. The fourth-order valence-corrected chi connectivity index (χ4v) is 2.00. The maximum atomic E-state index is 5.87. The largest absolute Gasteiger partial charge is 0.468 e. The number of likely N-dealkylation sites (N-methyl/N-ethyl adjacent to an activating group) is 1. The molecule has 0 aliphatic carbocycles. The van der Waals surface area contributed by atoms with Crippen molar-refractivity contribution in [3.63, 3.8) is 0 Å². The molecule has 0 atom stereocenters. The molecule has 1 N–H and O–H groups in total. The van der Waals surface area contributed by atoms with Crippen LogP contribution >= 0.6 is 11.6 Å². The third-order valence-electron chi connectivity index (χ3n) is 2.92. The number of rotatable bonds is 7. The van der Waals surface area contributed by atoms with E-state index in [1.807, 2.05) is 24.3 Å². The van der Waals surface area contributed by atoms with E-state index < -0.39 is 0 Å². The summed E-state index contributed by atoms with van der Waals surface area (Å²) in [6.45, 7) is 3.63. The average Bonchev–Trinajstić information content (AvgIpc) is 2.91. The summed E-state index contributed by atoms with van der Waals surface area (Å²) >= 11 is 5.87. The zero-order valence-electron chi connectivity index (χ0n) is 11.1. The molecule has 0 aliphatic heterocycles. The van der Waals surface area contributed by atoms with Crippen LogP contribution in [0.2, 0.25) is 5.02 Å². The SMILES string of the molecule is CN(CCNCc1ccco1)Cc1ccc(Cl)cc1. The van der Waals surface area contributed by atoms with Crippen LogP contribution in [-0.4, -0.2) is 25.0 Å². The van der Waals surface area contributed by atoms with Gasteiger partial charge >= 0.3 is 0 Å². The predicted molar refractivity (Wildman–Crippen MR) is 78.2 cm³/mol. The second-order valence-electron chi connectivity index (χ2n) is 4.62. The third-order valence-corrected chi connectivity index (χ3v) is 3.17. The smallest absolute Gasteiger partial charge is 0.117 e. The van der Waals surface area contributed by atoms with E-state index in [0.29, 0.717) is 0 Å². The number of hydrogen-bond donors (Lipinski definition) is 1. The molecular formula is C15H19ClN2O. The van der Waals surface area contributed by atoms with E-state index in [-0.39, 0.29) is 0 Å². The Morgan fingerprint density at radius 3 is 2.68 bits per heavy atom. The Morgan fingerprint density at radius 2 is 2.00 bits per heavy atom. The molecule has 4 heteroatoms. The lowest BCUT2D eigenvalue weighted by Gasteiger charge is -2.16. The Kier molecular flexibility index (Phi) is 5.45. The topological polar surface area (TPSA) is 28.4 Å². The highest BCUT2D eigenvalue weighted by Crippen LogP contribution is 2.10. The number of halogens is 1. The van der Waals surface area contributed by atoms with Crippen molar-refractivity contribution in [2.45, 2.75) is 13.1 Å². The first-order valence-corrected chi connectivity index (χ1v) is 6.78. The van der Waals surface area contributed by atoms with Gasteiger partial charge in [-0.1, -0.05) is 23.7 Å². The van der Waals surface area contributed by atoms with Crippen LogP contribution in [-0.2, 0) is 13.1 Å². The van der Waals surface area contributed by atoms with Gasteiger partial charge < -0.3 is 14.6 Å². The molecule has 1 heterocycles. The normalized spacial score (nSPS) is 11.1. The van der Waals surface area contributed by atoms with Crippen molar-refractivity contribution >= 4 is 11.6 Å². The number of benzene rings is 1. The molecule has 0 fully saturated rings. The highest BCUT2D eigenvalue weighted by molar-refractivity contribution is 6.30. The Morgan fingerprint density at radius 1 is 1.21 bits per heavy atom. The van der Waals surface area contributed by atoms with E-state index >= 15 is 0 Å². The molecule has 2 aromatic rings. The van der Waals surface area contributed by atoms with Gasteiger partial charge in [-0.2, -0.15) is 0 Å². The molecule has 19 heavy (non-hydrogen) atoms. The highest BCUT2D eigenvalue weighted by Gasteiger charge is 2.01. The van der Waals surface area contributed by atoms with E-state index in [1.54, 1.807) is 6.26 Å². The van der Waals surface area contributed by atoms with E-state index in [1.165, 1.54) is 5.56 Å². The first-order chi connectivity index (χ1) is 9.24. The highest BCUT2D eigenvalue weighted by atomic mass is 35.5. The van der Waals surface area contributed by atoms with Crippen molar-refractivity contribution in [1.82, 2.24) is 10.2 Å². The Hall–Kier alpha value is -1.29. The van der Waals surface area contributed by atoms with Crippen LogP contribution in [0.4, 0.5) is 0 Å². The molecule has 0 unspecified atom stereocenters. The molecule has 0 aliphatic rings. The zero-order chi connectivity index (χ0) is 13.5. The molecule has 0 amide bonds. The maximum absolute atomic E-state index is 5.87. The van der Waals surface area contributed by atoms with Crippen molar-refractivity contribution in [2.75, 3.05) is 20.1 Å². The molecule has 0 radical (unpaired) electrons. The van der Waals surface area contributed by atoms with E-state index in [9.17, 15) is 0 Å². The van der Waals surface area contributed by atoms with Crippen molar-refractivity contribution in [3.8, 4) is 0 Å². The first-order valence-electron chi connectivity index (χ1n) is 6.40. The fraction of sp³-hybridized carbons (Fsp3) is 0.333. The second-order valence-corrected chi connectivity index (χ2v) is 5.06. The van der Waals surface area contributed by atoms with Gasteiger partial charge in [0.05, 0.1) is 12.8 Å². The van der Waals surface area contributed by atoms with Gasteiger partial charge in [0.15, 0.2) is 0 Å². The lowest BCUT2D eigenvalue weighted by Crippen LogP contribution is -2.28. The van der Waals surface area contributed by atoms with Gasteiger partial charge in [0, 0.05) is 24.7 Å². The summed E-state index contributed by atoms with van der Waals surface area (Å²) in [5, 5.41) is 4.14. The molecule has 3 nitrogen and oxygen atoms in total. The van der Waals surface area contributed by atoms with Crippen LogP contribution in [0.5, 0.6) is 0 Å². The number of furan rings is 1. The zero-order valence-corrected chi connectivity index (χ0v) is 11.9. The Labute approximate surface area is 119 Å². The number of nitrogens with zero attached hydrogens (tertiary/aromatic N) is 1. The molecule has 1 aromatic heterocycles. The van der Waals surface area contributed by atoms with Gasteiger partial charge in [0.2, 0.25) is 0 Å². The maximum Gasteiger partial charge on any atom is 0.117 e. The Bertz CT molecular complexity index is 467. The van der Waals surface area contributed by atoms with Crippen LogP contribution < -0.4 is 5.32 Å². The fourth-order valence-electron chi connectivity index (χ4n) is 1.88. The molecule has 0 bridgehead atoms. The monoisotopic (exact) mass is 278 g/mol. The van der Waals surface area contributed by atoms with Gasteiger partial charge in [0.1, 0.15) is 5.76 Å². The van der Waals surface area contributed by atoms with Crippen LogP contribution in [0.1, 0.15) is 11.3 Å². The minimum Gasteiger partial charge on any atom is -0.468 e. The van der Waals surface area contributed by atoms with Gasteiger partial charge in [-0.25, -0.2) is 0 Å². The number of hydrogen-bond acceptors (Lipinski definition) is 3. The van der Waals surface area contributed by atoms with Crippen LogP contribution in [0.15, 0.2) is 47.1 Å². The quantitative estimate of drug-likeness (QED) is 0.789. The summed E-state index contributed by atoms with van der Waals surface area (Å²) in [7, 11) is 2.11. The van der Waals surface area contributed by atoms with Crippen LogP contribution in [0, 0.1) is 0 Å². The summed E-state index contributed by atoms with van der Waals surface area (Å²) in [5.74, 6) is 0.973. The summed E-state index contributed by atoms with van der Waals surface area (Å²) < 4.78 is 5.26. The summed E-state index contributed by atoms with van der Waals surface area (Å²) in [4.78, 5) is 2.28. The van der Waals surface area contributed by atoms with Crippen molar-refractivity contribution < 1.29 is 4.42 Å². The van der Waals surface area contributed by atoms with Crippen LogP contribution in [0.25, 0.3) is 0 Å². The molecule has 0 saturated carbocycles. The predicted octanol–water partition coefficient (Wildman–Crippen LogP) is 3.15. The molecular weight excluding hydrogens is 260 g/mol. The Balaban J connectivity index is 1.64. The van der Waals surface area contributed by atoms with Gasteiger partial charge in [-0.3, -0.25) is 0 Å². The molecule has 0 saturated heterocycles. The van der Waals surface area contributed by atoms with Gasteiger partial charge in [-0.05, 0) is 36.9 Å². The average molecular weight is 279 g/mol. The lowest BCUT2D eigenvalue weighted by molar-refractivity contribution is 0.321. The minimum absolute atomic E-state index is 0.780. The summed E-state index contributed by atoms with van der Waals surface area (Å²) in [6.07, 6.45) is 1.70. The molecule has 2 rings (SSSR count). The van der Waals surface area contributed by atoms with Crippen molar-refractivity contribution in [2.24, 2.45) is 0 Å². The standard InChI is InChI=1S/C15H19ClN2O/c1-18(12-13-4-6-14(16)7-5-13)9-8-17-11-15-3-2-10-19-15/h2-7,10,17H,8-9,11-12H2,1H3. The third kappa shape index (κ3) is 5.07. The van der Waals surface area contributed by atoms with E-state index in [4.69, 9.17) is 16.0 Å². The first kappa shape index (κ1) is 14.1. The minimum atomic E-state index is 0.780.